The molecule has 0 amide bonds. The Morgan fingerprint density at radius 2 is 1.94 bits per heavy atom. The number of nitriles is 2. The summed E-state index contributed by atoms with van der Waals surface area (Å²) in [6.45, 7) is 1.63. The van der Waals surface area contributed by atoms with E-state index in [-0.39, 0.29) is 0 Å². The Kier molecular flexibility index (Phi) is 4.85. The van der Waals surface area contributed by atoms with Gasteiger partial charge in [0.15, 0.2) is 0 Å². The van der Waals surface area contributed by atoms with Crippen LogP contribution in [0.4, 0.5) is 0 Å². The first-order valence-corrected chi connectivity index (χ1v) is 4.94. The summed E-state index contributed by atoms with van der Waals surface area (Å²) in [6.07, 6.45) is 0. The maximum Gasteiger partial charge on any atom is 0.119 e. The minimum atomic E-state index is 0.400. The van der Waals surface area contributed by atoms with Crippen LogP contribution in [0.25, 0.3) is 0 Å². The van der Waals surface area contributed by atoms with Crippen molar-refractivity contribution in [1.29, 1.82) is 10.5 Å². The van der Waals surface area contributed by atoms with Crippen LogP contribution < -0.4 is 4.74 Å². The van der Waals surface area contributed by atoms with Gasteiger partial charge in [0.25, 0.3) is 0 Å². The van der Waals surface area contributed by atoms with Gasteiger partial charge in [-0.3, -0.25) is 4.90 Å². The zero-order valence-electron chi connectivity index (χ0n) is 9.18. The van der Waals surface area contributed by atoms with Crippen molar-refractivity contribution in [3.8, 4) is 17.9 Å². The molecule has 0 saturated carbocycles. The molecule has 0 fully saturated rings. The van der Waals surface area contributed by atoms with Crippen LogP contribution in [0, 0.1) is 22.7 Å². The number of rotatable bonds is 5. The fourth-order valence-electron chi connectivity index (χ4n) is 1.14. The van der Waals surface area contributed by atoms with Gasteiger partial charge in [-0.25, -0.2) is 0 Å². The van der Waals surface area contributed by atoms with E-state index in [1.807, 2.05) is 18.0 Å². The van der Waals surface area contributed by atoms with Gasteiger partial charge in [0.1, 0.15) is 12.4 Å². The van der Waals surface area contributed by atoms with Crippen LogP contribution in [-0.2, 0) is 0 Å². The lowest BCUT2D eigenvalue weighted by Gasteiger charge is -2.12. The molecule has 0 aliphatic carbocycles. The van der Waals surface area contributed by atoms with Gasteiger partial charge in [-0.05, 0) is 31.3 Å². The standard InChI is InChI=1S/C12H13N3O/c1-15(7-6-13)8-9-16-12-4-2-11(10-14)3-5-12/h2-5H,7-9H2,1H3. The number of ether oxygens (including phenoxy) is 1. The second-order valence-corrected chi connectivity index (χ2v) is 3.38. The summed E-state index contributed by atoms with van der Waals surface area (Å²) in [5.41, 5.74) is 0.619. The van der Waals surface area contributed by atoms with Crippen molar-refractivity contribution in [1.82, 2.24) is 4.90 Å². The van der Waals surface area contributed by atoms with E-state index >= 15 is 0 Å². The van der Waals surface area contributed by atoms with Crippen LogP contribution in [0.5, 0.6) is 5.75 Å². The average molecular weight is 215 g/mol. The number of hydrogen-bond acceptors (Lipinski definition) is 4. The van der Waals surface area contributed by atoms with Crippen molar-refractivity contribution in [2.45, 2.75) is 0 Å². The van der Waals surface area contributed by atoms with Gasteiger partial charge in [0.2, 0.25) is 0 Å². The van der Waals surface area contributed by atoms with E-state index in [9.17, 15) is 0 Å². The molecule has 0 radical (unpaired) electrons. The molecule has 0 heterocycles. The minimum Gasteiger partial charge on any atom is -0.492 e. The topological polar surface area (TPSA) is 60.1 Å². The van der Waals surface area contributed by atoms with E-state index in [1.165, 1.54) is 0 Å². The molecule has 0 spiro atoms. The number of nitrogens with zero attached hydrogens (tertiary/aromatic N) is 3. The Morgan fingerprint density at radius 1 is 1.25 bits per heavy atom. The highest BCUT2D eigenvalue weighted by molar-refractivity contribution is 5.34. The SMILES string of the molecule is CN(CC#N)CCOc1ccc(C#N)cc1. The van der Waals surface area contributed by atoms with Gasteiger partial charge in [-0.2, -0.15) is 10.5 Å². The highest BCUT2D eigenvalue weighted by Crippen LogP contribution is 2.11. The fraction of sp³-hybridized carbons (Fsp3) is 0.333. The molecule has 1 aromatic carbocycles. The highest BCUT2D eigenvalue weighted by atomic mass is 16.5. The van der Waals surface area contributed by atoms with Gasteiger partial charge < -0.3 is 4.74 Å². The molecular weight excluding hydrogens is 202 g/mol. The first-order chi connectivity index (χ1) is 7.76. The predicted octanol–water partition coefficient (Wildman–Crippen LogP) is 1.39. The Bertz CT molecular complexity index is 400. The van der Waals surface area contributed by atoms with Crippen molar-refractivity contribution in [3.05, 3.63) is 29.8 Å². The normalized spacial score (nSPS) is 9.50. The second kappa shape index (κ2) is 6.44. The Morgan fingerprint density at radius 3 is 2.50 bits per heavy atom. The lowest BCUT2D eigenvalue weighted by molar-refractivity contribution is 0.251. The zero-order chi connectivity index (χ0) is 11.8. The number of likely N-dealkylation sites (N-methyl/N-ethyl adjacent to an activating group) is 1. The van der Waals surface area contributed by atoms with Crippen LogP contribution >= 0.6 is 0 Å². The third-order valence-electron chi connectivity index (χ3n) is 2.07. The molecule has 16 heavy (non-hydrogen) atoms. The molecule has 0 aliphatic heterocycles. The molecule has 0 aromatic heterocycles. The zero-order valence-corrected chi connectivity index (χ0v) is 9.18. The van der Waals surface area contributed by atoms with E-state index in [0.717, 1.165) is 5.75 Å². The quantitative estimate of drug-likeness (QED) is 0.696. The first-order valence-electron chi connectivity index (χ1n) is 4.94. The van der Waals surface area contributed by atoms with Crippen LogP contribution in [-0.4, -0.2) is 31.6 Å². The summed E-state index contributed by atoms with van der Waals surface area (Å²) < 4.78 is 5.46. The van der Waals surface area contributed by atoms with Crippen molar-refractivity contribution in [2.24, 2.45) is 0 Å². The lowest BCUT2D eigenvalue weighted by Crippen LogP contribution is -2.24. The van der Waals surface area contributed by atoms with Crippen LogP contribution in [0.2, 0.25) is 0 Å². The van der Waals surface area contributed by atoms with Gasteiger partial charge in [-0.15, -0.1) is 0 Å². The maximum atomic E-state index is 8.61. The molecule has 0 atom stereocenters. The third-order valence-corrected chi connectivity index (χ3v) is 2.07. The third kappa shape index (κ3) is 4.00. The Balaban J connectivity index is 2.33. The largest absolute Gasteiger partial charge is 0.492 e. The lowest BCUT2D eigenvalue weighted by atomic mass is 10.2. The Hall–Kier alpha value is -2.04. The van der Waals surface area contributed by atoms with E-state index in [1.54, 1.807) is 24.3 Å². The van der Waals surface area contributed by atoms with E-state index in [0.29, 0.717) is 25.3 Å². The monoisotopic (exact) mass is 215 g/mol. The molecule has 82 valence electrons. The molecule has 0 N–H and O–H groups in total. The van der Waals surface area contributed by atoms with Gasteiger partial charge in [0.05, 0.1) is 24.2 Å². The van der Waals surface area contributed by atoms with Crippen LogP contribution in [0.3, 0.4) is 0 Å². The fourth-order valence-corrected chi connectivity index (χ4v) is 1.14. The number of benzene rings is 1. The van der Waals surface area contributed by atoms with E-state index < -0.39 is 0 Å². The summed E-state index contributed by atoms with van der Waals surface area (Å²) in [5, 5.41) is 17.1. The summed E-state index contributed by atoms with van der Waals surface area (Å²) in [4.78, 5) is 1.88. The summed E-state index contributed by atoms with van der Waals surface area (Å²) in [5.74, 6) is 0.740. The molecule has 1 aromatic rings. The van der Waals surface area contributed by atoms with Crippen LogP contribution in [0.15, 0.2) is 24.3 Å². The van der Waals surface area contributed by atoms with Crippen molar-refractivity contribution >= 4 is 0 Å². The van der Waals surface area contributed by atoms with Crippen LogP contribution in [0.1, 0.15) is 5.56 Å². The smallest absolute Gasteiger partial charge is 0.119 e. The first kappa shape index (κ1) is 12.0. The summed E-state index contributed by atoms with van der Waals surface area (Å²) >= 11 is 0. The van der Waals surface area contributed by atoms with Gasteiger partial charge in [0, 0.05) is 6.54 Å². The van der Waals surface area contributed by atoms with E-state index in [4.69, 9.17) is 15.3 Å². The van der Waals surface area contributed by atoms with Gasteiger partial charge in [-0.1, -0.05) is 0 Å². The highest BCUT2D eigenvalue weighted by Gasteiger charge is 1.98. The molecule has 4 nitrogen and oxygen atoms in total. The minimum absolute atomic E-state index is 0.400. The molecule has 0 unspecified atom stereocenters. The molecule has 0 aliphatic rings. The summed E-state index contributed by atoms with van der Waals surface area (Å²) in [6, 6.07) is 11.1. The second-order valence-electron chi connectivity index (χ2n) is 3.38. The molecule has 4 heteroatoms. The Labute approximate surface area is 95.3 Å². The molecule has 0 saturated heterocycles. The van der Waals surface area contributed by atoms with E-state index in [2.05, 4.69) is 6.07 Å². The van der Waals surface area contributed by atoms with Crippen molar-refractivity contribution < 1.29 is 4.74 Å². The molecular formula is C12H13N3O. The average Bonchev–Trinajstić information content (AvgIpc) is 2.30. The summed E-state index contributed by atoms with van der Waals surface area (Å²) in [7, 11) is 1.87. The molecule has 1 rings (SSSR count). The van der Waals surface area contributed by atoms with Gasteiger partial charge >= 0.3 is 0 Å². The maximum absolute atomic E-state index is 8.61. The van der Waals surface area contributed by atoms with Crippen molar-refractivity contribution in [2.75, 3.05) is 26.7 Å². The van der Waals surface area contributed by atoms with Crippen molar-refractivity contribution in [3.63, 3.8) is 0 Å². The molecule has 0 bridgehead atoms. The predicted molar refractivity (Wildman–Crippen MR) is 59.8 cm³/mol. The number of hydrogen-bond donors (Lipinski definition) is 0.